The summed E-state index contributed by atoms with van der Waals surface area (Å²) < 4.78 is 2.02. The number of pyridine rings is 1. The van der Waals surface area contributed by atoms with Gasteiger partial charge in [-0.25, -0.2) is 4.98 Å². The van der Waals surface area contributed by atoms with E-state index in [9.17, 15) is 4.79 Å². The van der Waals surface area contributed by atoms with Crippen LogP contribution in [0, 0.1) is 6.92 Å². The quantitative estimate of drug-likeness (QED) is 0.726. The molecule has 2 aromatic heterocycles. The molecule has 0 saturated heterocycles. The van der Waals surface area contributed by atoms with Crippen molar-refractivity contribution in [1.82, 2.24) is 14.9 Å². The normalized spacial score (nSPS) is 19.6. The van der Waals surface area contributed by atoms with Gasteiger partial charge in [-0.2, -0.15) is 0 Å². The van der Waals surface area contributed by atoms with Gasteiger partial charge in [-0.15, -0.1) is 0 Å². The van der Waals surface area contributed by atoms with Crippen molar-refractivity contribution < 1.29 is 4.79 Å². The molecule has 16 heavy (non-hydrogen) atoms. The number of carbonyl (C=O) groups is 1. The van der Waals surface area contributed by atoms with E-state index in [2.05, 4.69) is 23.3 Å². The van der Waals surface area contributed by atoms with Crippen LogP contribution in [0.2, 0.25) is 0 Å². The van der Waals surface area contributed by atoms with Crippen molar-refractivity contribution in [2.75, 3.05) is 6.54 Å². The van der Waals surface area contributed by atoms with E-state index >= 15 is 0 Å². The number of fused-ring (bicyclic) bond motifs is 3. The van der Waals surface area contributed by atoms with Crippen LogP contribution < -0.4 is 5.32 Å². The molecule has 1 amide bonds. The number of hydrogen-bond acceptors (Lipinski definition) is 2. The van der Waals surface area contributed by atoms with Gasteiger partial charge in [0.05, 0.1) is 6.04 Å². The largest absolute Gasteiger partial charge is 0.349 e. The van der Waals surface area contributed by atoms with Crippen LogP contribution in [0.25, 0.3) is 11.0 Å². The molecule has 1 N–H and O–H groups in total. The first-order chi connectivity index (χ1) is 7.66. The number of hydrogen-bond donors (Lipinski definition) is 1. The van der Waals surface area contributed by atoms with Gasteiger partial charge in [-0.3, -0.25) is 4.79 Å². The third-order valence-corrected chi connectivity index (χ3v) is 3.04. The molecule has 0 bridgehead atoms. The van der Waals surface area contributed by atoms with Crippen LogP contribution in [0.1, 0.15) is 29.0 Å². The zero-order chi connectivity index (χ0) is 11.3. The van der Waals surface area contributed by atoms with Crippen LogP contribution in [0.15, 0.2) is 18.3 Å². The molecule has 4 heteroatoms. The molecule has 0 aromatic carbocycles. The lowest BCUT2D eigenvalue weighted by molar-refractivity contribution is 0.0919. The second-order valence-electron chi connectivity index (χ2n) is 4.38. The lowest BCUT2D eigenvalue weighted by Crippen LogP contribution is -2.37. The Labute approximate surface area is 93.3 Å². The molecule has 0 saturated carbocycles. The van der Waals surface area contributed by atoms with E-state index in [1.807, 2.05) is 23.8 Å². The van der Waals surface area contributed by atoms with Gasteiger partial charge < -0.3 is 9.88 Å². The summed E-state index contributed by atoms with van der Waals surface area (Å²) in [5, 5.41) is 3.92. The van der Waals surface area contributed by atoms with Gasteiger partial charge in [0.2, 0.25) is 0 Å². The Bertz CT molecular complexity index is 585. The fourth-order valence-electron chi connectivity index (χ4n) is 2.27. The molecule has 0 aliphatic carbocycles. The molecule has 0 fully saturated rings. The Balaban J connectivity index is 2.36. The average Bonchev–Trinajstić information content (AvgIpc) is 2.63. The smallest absolute Gasteiger partial charge is 0.268 e. The highest BCUT2D eigenvalue weighted by atomic mass is 16.2. The van der Waals surface area contributed by atoms with Crippen LogP contribution in [0.3, 0.4) is 0 Å². The maximum atomic E-state index is 11.7. The Morgan fingerprint density at radius 1 is 1.50 bits per heavy atom. The standard InChI is InChI=1S/C12H13N3O/c1-7-3-9-4-10-12(16)14-6-8(2)15(10)11(9)13-5-7/h3-5,8H,6H2,1-2H3,(H,14,16)/t8-/m1/s1. The summed E-state index contributed by atoms with van der Waals surface area (Å²) in [4.78, 5) is 16.1. The van der Waals surface area contributed by atoms with Crippen LogP contribution in [-0.4, -0.2) is 22.0 Å². The summed E-state index contributed by atoms with van der Waals surface area (Å²) in [6.45, 7) is 4.77. The van der Waals surface area contributed by atoms with Crippen molar-refractivity contribution in [2.24, 2.45) is 0 Å². The zero-order valence-corrected chi connectivity index (χ0v) is 9.32. The van der Waals surface area contributed by atoms with Gasteiger partial charge in [-0.1, -0.05) is 0 Å². The Hall–Kier alpha value is -1.84. The van der Waals surface area contributed by atoms with E-state index in [1.54, 1.807) is 0 Å². The Morgan fingerprint density at radius 2 is 2.31 bits per heavy atom. The van der Waals surface area contributed by atoms with Crippen molar-refractivity contribution in [3.05, 3.63) is 29.6 Å². The van der Waals surface area contributed by atoms with E-state index in [0.717, 1.165) is 16.6 Å². The third kappa shape index (κ3) is 1.16. The molecule has 3 rings (SSSR count). The first kappa shape index (κ1) is 9.39. The highest BCUT2D eigenvalue weighted by Gasteiger charge is 2.24. The number of aromatic nitrogens is 2. The minimum atomic E-state index is -0.00578. The topological polar surface area (TPSA) is 46.9 Å². The average molecular weight is 215 g/mol. The molecular weight excluding hydrogens is 202 g/mol. The second-order valence-corrected chi connectivity index (χ2v) is 4.38. The molecule has 82 valence electrons. The van der Waals surface area contributed by atoms with Gasteiger partial charge in [0.25, 0.3) is 5.91 Å². The molecule has 3 heterocycles. The highest BCUT2D eigenvalue weighted by molar-refractivity contribution is 5.98. The van der Waals surface area contributed by atoms with E-state index in [1.165, 1.54) is 0 Å². The molecule has 0 radical (unpaired) electrons. The molecular formula is C12H13N3O. The number of rotatable bonds is 0. The SMILES string of the molecule is Cc1cnc2c(c1)cc1n2[C@H](C)CNC1=O. The maximum Gasteiger partial charge on any atom is 0.268 e. The highest BCUT2D eigenvalue weighted by Crippen LogP contribution is 2.25. The Morgan fingerprint density at radius 3 is 3.12 bits per heavy atom. The van der Waals surface area contributed by atoms with Gasteiger partial charge in [0.15, 0.2) is 0 Å². The summed E-state index contributed by atoms with van der Waals surface area (Å²) in [5.41, 5.74) is 2.73. The van der Waals surface area contributed by atoms with Crippen LogP contribution in [0.4, 0.5) is 0 Å². The van der Waals surface area contributed by atoms with Gasteiger partial charge in [0.1, 0.15) is 11.3 Å². The molecule has 0 unspecified atom stereocenters. The summed E-state index contributed by atoms with van der Waals surface area (Å²) in [6, 6.07) is 4.24. The second kappa shape index (κ2) is 3.07. The first-order valence-electron chi connectivity index (χ1n) is 5.42. The fraction of sp³-hybridized carbons (Fsp3) is 0.333. The van der Waals surface area contributed by atoms with Crippen LogP contribution in [0.5, 0.6) is 0 Å². The van der Waals surface area contributed by atoms with Gasteiger partial charge in [-0.05, 0) is 31.5 Å². The summed E-state index contributed by atoms with van der Waals surface area (Å²) in [5.74, 6) is -0.00578. The van der Waals surface area contributed by atoms with Gasteiger partial charge in [0, 0.05) is 18.1 Å². The van der Waals surface area contributed by atoms with Crippen molar-refractivity contribution in [1.29, 1.82) is 0 Å². The van der Waals surface area contributed by atoms with Crippen molar-refractivity contribution in [3.8, 4) is 0 Å². The Kier molecular flexibility index (Phi) is 1.80. The minimum absolute atomic E-state index is 0.00578. The molecule has 2 aromatic rings. The fourth-order valence-corrected chi connectivity index (χ4v) is 2.27. The number of nitrogens with one attached hydrogen (secondary N) is 1. The van der Waals surface area contributed by atoms with Crippen LogP contribution in [-0.2, 0) is 0 Å². The molecule has 0 spiro atoms. The molecule has 1 atom stereocenters. The lowest BCUT2D eigenvalue weighted by atomic mass is 10.2. The first-order valence-corrected chi connectivity index (χ1v) is 5.42. The molecule has 4 nitrogen and oxygen atoms in total. The monoisotopic (exact) mass is 215 g/mol. The van der Waals surface area contributed by atoms with E-state index in [4.69, 9.17) is 0 Å². The number of aryl methyl sites for hydroxylation is 1. The summed E-state index contributed by atoms with van der Waals surface area (Å²) in [6.07, 6.45) is 1.84. The van der Waals surface area contributed by atoms with E-state index < -0.39 is 0 Å². The third-order valence-electron chi connectivity index (χ3n) is 3.04. The van der Waals surface area contributed by atoms with E-state index in [-0.39, 0.29) is 11.9 Å². The van der Waals surface area contributed by atoms with Crippen LogP contribution >= 0.6 is 0 Å². The molecule has 1 aliphatic rings. The summed E-state index contributed by atoms with van der Waals surface area (Å²) in [7, 11) is 0. The minimum Gasteiger partial charge on any atom is -0.349 e. The maximum absolute atomic E-state index is 11.7. The predicted octanol–water partition coefficient (Wildman–Crippen LogP) is 1.65. The molecule has 1 aliphatic heterocycles. The predicted molar refractivity (Wildman–Crippen MR) is 61.5 cm³/mol. The lowest BCUT2D eigenvalue weighted by Gasteiger charge is -2.23. The summed E-state index contributed by atoms with van der Waals surface area (Å²) >= 11 is 0. The van der Waals surface area contributed by atoms with E-state index in [0.29, 0.717) is 12.2 Å². The zero-order valence-electron chi connectivity index (χ0n) is 9.32. The van der Waals surface area contributed by atoms with Crippen molar-refractivity contribution >= 4 is 16.9 Å². The number of amides is 1. The van der Waals surface area contributed by atoms with Crippen molar-refractivity contribution in [3.63, 3.8) is 0 Å². The van der Waals surface area contributed by atoms with Crippen molar-refractivity contribution in [2.45, 2.75) is 19.9 Å². The number of carbonyl (C=O) groups excluding carboxylic acids is 1. The number of nitrogens with zero attached hydrogens (tertiary/aromatic N) is 2. The van der Waals surface area contributed by atoms with Gasteiger partial charge >= 0.3 is 0 Å².